The van der Waals surface area contributed by atoms with Crippen LogP contribution >= 0.6 is 34.0 Å². The fourth-order valence-corrected chi connectivity index (χ4v) is 8.81. The van der Waals surface area contributed by atoms with E-state index in [1.54, 1.807) is 18.3 Å². The number of carbonyl (C=O) groups is 4. The van der Waals surface area contributed by atoms with E-state index in [0.717, 1.165) is 53.0 Å². The summed E-state index contributed by atoms with van der Waals surface area (Å²) in [6, 6.07) is 17.8. The van der Waals surface area contributed by atoms with Gasteiger partial charge in [0.15, 0.2) is 0 Å². The molecule has 6 rings (SSSR count). The minimum Gasteiger partial charge on any atom is -0.530 e. The van der Waals surface area contributed by atoms with Gasteiger partial charge in [0, 0.05) is 15.8 Å². The second kappa shape index (κ2) is 20.5. The minimum atomic E-state index is -0.968. The van der Waals surface area contributed by atoms with E-state index in [2.05, 4.69) is 26.0 Å². The van der Waals surface area contributed by atoms with E-state index in [1.165, 1.54) is 33.8 Å². The quantitative estimate of drug-likeness (QED) is 0.111. The molecule has 1 amide bonds. The summed E-state index contributed by atoms with van der Waals surface area (Å²) in [5, 5.41) is 9.73. The number of benzene rings is 3. The molecule has 59 heavy (non-hydrogen) atoms. The molecule has 8 N–H and O–H groups in total. The molecule has 0 saturated carbocycles. The monoisotopic (exact) mass is 850 g/mol. The van der Waals surface area contributed by atoms with Crippen LogP contribution in [0.3, 0.4) is 0 Å². The molecule has 0 spiro atoms. The number of rotatable bonds is 15. The van der Waals surface area contributed by atoms with Crippen molar-refractivity contribution in [3.05, 3.63) is 98.9 Å². The Hall–Kier alpha value is -4.77. The molecule has 0 radical (unpaired) electrons. The molecule has 3 heterocycles. The molecule has 3 unspecified atom stereocenters. The van der Waals surface area contributed by atoms with Gasteiger partial charge in [0.05, 0.1) is 6.04 Å². The van der Waals surface area contributed by atoms with Crippen LogP contribution in [-0.4, -0.2) is 62.7 Å². The second-order valence-electron chi connectivity index (χ2n) is 14.6. The van der Waals surface area contributed by atoms with E-state index in [1.807, 2.05) is 90.7 Å². The molecule has 6 aromatic rings. The molecule has 0 aliphatic rings. The van der Waals surface area contributed by atoms with Crippen LogP contribution in [-0.2, 0) is 33.1 Å². The van der Waals surface area contributed by atoms with Crippen molar-refractivity contribution in [3.8, 4) is 0 Å². The largest absolute Gasteiger partial charge is 0.530 e. The van der Waals surface area contributed by atoms with Gasteiger partial charge in [-0.25, -0.2) is 0 Å². The summed E-state index contributed by atoms with van der Waals surface area (Å²) >= 11 is 4.68. The van der Waals surface area contributed by atoms with Gasteiger partial charge in [0.25, 0.3) is 0 Å². The van der Waals surface area contributed by atoms with Crippen molar-refractivity contribution in [3.63, 3.8) is 0 Å². The Morgan fingerprint density at radius 1 is 0.661 bits per heavy atom. The fraction of sp³-hybridized carbons (Fsp3) is 0.286. The van der Waals surface area contributed by atoms with E-state index < -0.39 is 49.8 Å². The van der Waals surface area contributed by atoms with Gasteiger partial charge in [0.1, 0.15) is 12.1 Å². The Balaban J connectivity index is 0.000000309. The number of amides is 1. The lowest BCUT2D eigenvalue weighted by Crippen LogP contribution is -2.49. The summed E-state index contributed by atoms with van der Waals surface area (Å²) in [5.41, 5.74) is 30.7. The number of carbonyl (C=O) groups excluding carboxylic acids is 4. The van der Waals surface area contributed by atoms with E-state index in [9.17, 15) is 19.2 Å². The van der Waals surface area contributed by atoms with E-state index in [4.69, 9.17) is 36.9 Å². The maximum absolute atomic E-state index is 12.9. The fourth-order valence-electron chi connectivity index (χ4n) is 6.40. The normalized spacial score (nSPS) is 12.5. The number of primary amides is 1. The van der Waals surface area contributed by atoms with E-state index >= 15 is 0 Å². The van der Waals surface area contributed by atoms with E-state index in [-0.39, 0.29) is 25.7 Å². The van der Waals surface area contributed by atoms with Crippen LogP contribution < -0.4 is 50.2 Å². The molecule has 3 aromatic heterocycles. The van der Waals surface area contributed by atoms with Gasteiger partial charge in [-0.1, -0.05) is 61.0 Å². The lowest BCUT2D eigenvalue weighted by molar-refractivity contribution is -0.137. The Labute approximate surface area is 358 Å². The van der Waals surface area contributed by atoms with Crippen LogP contribution in [0.15, 0.2) is 82.2 Å². The molecule has 0 aliphatic carbocycles. The smallest absolute Gasteiger partial charge is 0.430 e. The summed E-state index contributed by atoms with van der Waals surface area (Å²) in [4.78, 5) is 48.2. The zero-order chi connectivity index (χ0) is 43.0. The van der Waals surface area contributed by atoms with Gasteiger partial charge in [-0.3, -0.25) is 19.2 Å². The zero-order valence-corrected chi connectivity index (χ0v) is 36.5. The van der Waals surface area contributed by atoms with Crippen LogP contribution in [0.5, 0.6) is 0 Å². The van der Waals surface area contributed by atoms with Crippen LogP contribution in [0.25, 0.3) is 20.2 Å². The molecule has 0 aliphatic heterocycles. The van der Waals surface area contributed by atoms with Gasteiger partial charge in [0.2, 0.25) is 5.91 Å². The summed E-state index contributed by atoms with van der Waals surface area (Å²) in [6.07, 6.45) is 0.707. The van der Waals surface area contributed by atoms with Crippen molar-refractivity contribution in [1.29, 1.82) is 0 Å². The minimum absolute atomic E-state index is 0.000446. The first kappa shape index (κ1) is 45.3. The lowest BCUT2D eigenvalue weighted by Gasteiger charge is -2.17. The van der Waals surface area contributed by atoms with Crippen molar-refractivity contribution in [2.24, 2.45) is 22.9 Å². The second-order valence-corrected chi connectivity index (χ2v) is 17.3. The standard InChI is InChI=1S/C28H27B2N3O5S3.C14H22BNO2/c1-16(31)27(35)37-29(19-8-10-39-14-19)17-2-5-24-21(12-17)22-13-18(3-6-25(22)41-24)30(20-9-11-40-15-20)38-28(36)23(32)4-7-26(33)34;1-6-13(16)14(17)18-15(5)12-8-10(3)9(2)7-11(12)4/h2-3,5-6,8-16,23H,4,7,31-32H2,1H3,(H2,33,34);7-8,13H,6,16H2,1-5H3. The number of aryl methyl sites for hydroxylation is 3. The van der Waals surface area contributed by atoms with Gasteiger partial charge in [-0.05, 0) is 130 Å². The third-order valence-corrected chi connectivity index (χ3v) is 12.6. The van der Waals surface area contributed by atoms with Gasteiger partial charge < -0.3 is 36.9 Å². The Kier molecular flexibility index (Phi) is 15.7. The Morgan fingerprint density at radius 3 is 1.64 bits per heavy atom. The summed E-state index contributed by atoms with van der Waals surface area (Å²) in [7, 11) is 0. The molecule has 3 aromatic carbocycles. The van der Waals surface area contributed by atoms with Crippen molar-refractivity contribution in [2.45, 2.75) is 78.8 Å². The third kappa shape index (κ3) is 11.5. The average Bonchev–Trinajstić information content (AvgIpc) is 4.01. The van der Waals surface area contributed by atoms with Crippen molar-refractivity contribution in [2.75, 3.05) is 0 Å². The van der Waals surface area contributed by atoms with Crippen LogP contribution in [0.2, 0.25) is 6.82 Å². The molecule has 11 nitrogen and oxygen atoms in total. The van der Waals surface area contributed by atoms with Gasteiger partial charge in [-0.2, -0.15) is 22.7 Å². The number of nitrogens with two attached hydrogens (primary N) is 4. The summed E-state index contributed by atoms with van der Waals surface area (Å²) in [5.74, 6) is -1.93. The van der Waals surface area contributed by atoms with Crippen molar-refractivity contribution >= 4 is 126 Å². The molecule has 3 atom stereocenters. The summed E-state index contributed by atoms with van der Waals surface area (Å²) < 4.78 is 19.3. The third-order valence-electron chi connectivity index (χ3n) is 10.0. The first-order valence-corrected chi connectivity index (χ1v) is 22.0. The van der Waals surface area contributed by atoms with E-state index in [0.29, 0.717) is 6.42 Å². The number of thiophene rings is 3. The number of fused-ring (bicyclic) bond motifs is 3. The predicted octanol–water partition coefficient (Wildman–Crippen LogP) is 3.14. The van der Waals surface area contributed by atoms with Crippen LogP contribution in [0.1, 0.15) is 49.8 Å². The summed E-state index contributed by atoms with van der Waals surface area (Å²) in [6.45, 7) is 10.0. The molecular formula is C42H49B3N4O7S3. The number of hydrogen-bond acceptors (Lipinski definition) is 13. The maximum Gasteiger partial charge on any atom is 0.430 e. The molecule has 0 fully saturated rings. The van der Waals surface area contributed by atoms with Crippen molar-refractivity contribution < 1.29 is 33.1 Å². The first-order chi connectivity index (χ1) is 28.1. The molecule has 0 bridgehead atoms. The van der Waals surface area contributed by atoms with Crippen LogP contribution in [0, 0.1) is 20.8 Å². The average molecular weight is 851 g/mol. The molecule has 17 heteroatoms. The van der Waals surface area contributed by atoms with Crippen LogP contribution in [0.4, 0.5) is 0 Å². The topological polar surface area (TPSA) is 200 Å². The molecule has 0 saturated heterocycles. The predicted molar refractivity (Wildman–Crippen MR) is 247 cm³/mol. The SMILES string of the molecule is CC(N)C(=O)OB(c1ccsc1)c1ccc2sc3ccc(B(OC(=O)C(N)CCC(N)=O)c4ccsc4)cc3c2c1.CCC(N)C(=O)OB(C)c1cc(C)c(C)cc1C. The Morgan fingerprint density at radius 2 is 1.17 bits per heavy atom. The molecular weight excluding hydrogens is 801 g/mol. The highest BCUT2D eigenvalue weighted by molar-refractivity contribution is 7.26. The highest BCUT2D eigenvalue weighted by atomic mass is 32.1. The maximum atomic E-state index is 12.9. The highest BCUT2D eigenvalue weighted by Crippen LogP contribution is 2.33. The Bertz CT molecular complexity index is 2410. The zero-order valence-electron chi connectivity index (χ0n) is 34.1. The van der Waals surface area contributed by atoms with Gasteiger partial charge in [-0.15, -0.1) is 11.3 Å². The van der Waals surface area contributed by atoms with Gasteiger partial charge >= 0.3 is 38.7 Å². The highest BCUT2D eigenvalue weighted by Gasteiger charge is 2.31. The van der Waals surface area contributed by atoms with Crippen molar-refractivity contribution in [1.82, 2.24) is 0 Å². The molecule has 306 valence electrons. The lowest BCUT2D eigenvalue weighted by atomic mass is 9.55. The first-order valence-electron chi connectivity index (χ1n) is 19.3. The number of hydrogen-bond donors (Lipinski definition) is 4.